The van der Waals surface area contributed by atoms with Crippen molar-refractivity contribution in [2.45, 2.75) is 20.1 Å². The van der Waals surface area contributed by atoms with Crippen molar-refractivity contribution in [3.05, 3.63) is 65.2 Å². The summed E-state index contributed by atoms with van der Waals surface area (Å²) in [6.45, 7) is 6.09. The molecule has 0 aliphatic carbocycles. The number of benzene rings is 2. The van der Waals surface area contributed by atoms with Crippen LogP contribution in [0.15, 0.2) is 48.5 Å². The van der Waals surface area contributed by atoms with Crippen LogP contribution in [0.25, 0.3) is 0 Å². The maximum atomic E-state index is 8.66. The van der Waals surface area contributed by atoms with Gasteiger partial charge in [0, 0.05) is 26.2 Å². The third kappa shape index (κ3) is 6.82. The SMILES string of the molecule is Cc1cccc(COc2ccc(CNCCNCCO)cc2)c1. The number of rotatable bonds is 10. The van der Waals surface area contributed by atoms with Gasteiger partial charge in [-0.25, -0.2) is 0 Å². The maximum absolute atomic E-state index is 8.66. The minimum Gasteiger partial charge on any atom is -0.489 e. The molecule has 2 aromatic carbocycles. The highest BCUT2D eigenvalue weighted by atomic mass is 16.5. The summed E-state index contributed by atoms with van der Waals surface area (Å²) in [5, 5.41) is 15.2. The molecule has 0 heterocycles. The van der Waals surface area contributed by atoms with Crippen molar-refractivity contribution in [3.63, 3.8) is 0 Å². The van der Waals surface area contributed by atoms with Crippen LogP contribution in [0.1, 0.15) is 16.7 Å². The zero-order valence-corrected chi connectivity index (χ0v) is 13.7. The Morgan fingerprint density at radius 1 is 0.913 bits per heavy atom. The van der Waals surface area contributed by atoms with Gasteiger partial charge in [0.2, 0.25) is 0 Å². The van der Waals surface area contributed by atoms with Gasteiger partial charge < -0.3 is 20.5 Å². The van der Waals surface area contributed by atoms with E-state index in [-0.39, 0.29) is 6.61 Å². The standard InChI is InChI=1S/C19H26N2O2/c1-16-3-2-4-18(13-16)15-23-19-7-5-17(6-8-19)14-21-10-9-20-11-12-22/h2-8,13,20-22H,9-12,14-15H2,1H3. The number of hydrogen-bond acceptors (Lipinski definition) is 4. The van der Waals surface area contributed by atoms with E-state index in [0.717, 1.165) is 25.4 Å². The molecular formula is C19H26N2O2. The summed E-state index contributed by atoms with van der Waals surface area (Å²) in [5.74, 6) is 0.889. The summed E-state index contributed by atoms with van der Waals surface area (Å²) in [4.78, 5) is 0. The monoisotopic (exact) mass is 314 g/mol. The number of nitrogens with one attached hydrogen (secondary N) is 2. The van der Waals surface area contributed by atoms with Gasteiger partial charge in [0.15, 0.2) is 0 Å². The fraction of sp³-hybridized carbons (Fsp3) is 0.368. The molecular weight excluding hydrogens is 288 g/mol. The Labute approximate surface area is 138 Å². The normalized spacial score (nSPS) is 10.7. The lowest BCUT2D eigenvalue weighted by Crippen LogP contribution is -2.28. The second-order valence-corrected chi connectivity index (χ2v) is 5.57. The fourth-order valence-electron chi connectivity index (χ4n) is 2.29. The molecule has 3 N–H and O–H groups in total. The Bertz CT molecular complexity index is 570. The van der Waals surface area contributed by atoms with Gasteiger partial charge in [-0.15, -0.1) is 0 Å². The molecule has 0 atom stereocenters. The van der Waals surface area contributed by atoms with Crippen molar-refractivity contribution in [2.24, 2.45) is 0 Å². The van der Waals surface area contributed by atoms with Crippen molar-refractivity contribution >= 4 is 0 Å². The molecule has 0 spiro atoms. The van der Waals surface area contributed by atoms with Gasteiger partial charge in [-0.05, 0) is 30.2 Å². The molecule has 0 aliphatic rings. The van der Waals surface area contributed by atoms with E-state index >= 15 is 0 Å². The van der Waals surface area contributed by atoms with Crippen LogP contribution in [0.4, 0.5) is 0 Å². The summed E-state index contributed by atoms with van der Waals surface area (Å²) in [7, 11) is 0. The van der Waals surface area contributed by atoms with Gasteiger partial charge in [0.25, 0.3) is 0 Å². The lowest BCUT2D eigenvalue weighted by atomic mass is 10.1. The van der Waals surface area contributed by atoms with Crippen molar-refractivity contribution in [1.82, 2.24) is 10.6 Å². The average Bonchev–Trinajstić information content (AvgIpc) is 2.57. The number of ether oxygens (including phenoxy) is 1. The number of aryl methyl sites for hydroxylation is 1. The summed E-state index contributed by atoms with van der Waals surface area (Å²) in [5.41, 5.74) is 3.67. The van der Waals surface area contributed by atoms with E-state index in [2.05, 4.69) is 54.0 Å². The Morgan fingerprint density at radius 3 is 2.43 bits per heavy atom. The Hall–Kier alpha value is -1.88. The lowest BCUT2D eigenvalue weighted by Gasteiger charge is -2.09. The van der Waals surface area contributed by atoms with Gasteiger partial charge >= 0.3 is 0 Å². The lowest BCUT2D eigenvalue weighted by molar-refractivity contribution is 0.292. The maximum Gasteiger partial charge on any atom is 0.119 e. The fourth-order valence-corrected chi connectivity index (χ4v) is 2.29. The molecule has 4 nitrogen and oxygen atoms in total. The minimum absolute atomic E-state index is 0.185. The topological polar surface area (TPSA) is 53.5 Å². The number of aliphatic hydroxyl groups excluding tert-OH is 1. The molecule has 0 fully saturated rings. The van der Waals surface area contributed by atoms with Crippen molar-refractivity contribution < 1.29 is 9.84 Å². The number of aliphatic hydroxyl groups is 1. The molecule has 2 rings (SSSR count). The highest BCUT2D eigenvalue weighted by molar-refractivity contribution is 5.28. The highest BCUT2D eigenvalue weighted by Gasteiger charge is 1.98. The smallest absolute Gasteiger partial charge is 0.119 e. The third-order valence-electron chi connectivity index (χ3n) is 3.51. The molecule has 0 unspecified atom stereocenters. The van der Waals surface area contributed by atoms with Gasteiger partial charge in [0.05, 0.1) is 6.61 Å². The van der Waals surface area contributed by atoms with Crippen LogP contribution in [0, 0.1) is 6.92 Å². The van der Waals surface area contributed by atoms with E-state index in [0.29, 0.717) is 13.2 Å². The summed E-state index contributed by atoms with van der Waals surface area (Å²) >= 11 is 0. The molecule has 23 heavy (non-hydrogen) atoms. The van der Waals surface area contributed by atoms with Crippen molar-refractivity contribution in [1.29, 1.82) is 0 Å². The molecule has 0 aliphatic heterocycles. The van der Waals surface area contributed by atoms with Gasteiger partial charge in [-0.3, -0.25) is 0 Å². The summed E-state index contributed by atoms with van der Waals surface area (Å²) in [6.07, 6.45) is 0. The van der Waals surface area contributed by atoms with Gasteiger partial charge in [-0.1, -0.05) is 42.0 Å². The molecule has 4 heteroatoms. The van der Waals surface area contributed by atoms with E-state index in [4.69, 9.17) is 9.84 Å². The summed E-state index contributed by atoms with van der Waals surface area (Å²) < 4.78 is 5.82. The van der Waals surface area contributed by atoms with E-state index in [1.807, 2.05) is 12.1 Å². The second kappa shape index (κ2) is 10.0. The first-order valence-corrected chi connectivity index (χ1v) is 8.07. The van der Waals surface area contributed by atoms with E-state index in [1.54, 1.807) is 0 Å². The van der Waals surface area contributed by atoms with Crippen LogP contribution in [0.3, 0.4) is 0 Å². The first kappa shape index (κ1) is 17.5. The van der Waals surface area contributed by atoms with E-state index < -0.39 is 0 Å². The zero-order chi connectivity index (χ0) is 16.3. The van der Waals surface area contributed by atoms with Crippen LogP contribution in [0.5, 0.6) is 5.75 Å². The third-order valence-corrected chi connectivity index (χ3v) is 3.51. The number of hydrogen-bond donors (Lipinski definition) is 3. The second-order valence-electron chi connectivity index (χ2n) is 5.57. The molecule has 0 amide bonds. The Kier molecular flexibility index (Phi) is 7.60. The van der Waals surface area contributed by atoms with Crippen LogP contribution in [-0.2, 0) is 13.2 Å². The highest BCUT2D eigenvalue weighted by Crippen LogP contribution is 2.14. The largest absolute Gasteiger partial charge is 0.489 e. The molecule has 0 aromatic heterocycles. The molecule has 0 saturated heterocycles. The van der Waals surface area contributed by atoms with Gasteiger partial charge in [-0.2, -0.15) is 0 Å². The molecule has 124 valence electrons. The predicted molar refractivity (Wildman–Crippen MR) is 93.6 cm³/mol. The van der Waals surface area contributed by atoms with Crippen LogP contribution in [0.2, 0.25) is 0 Å². The van der Waals surface area contributed by atoms with Crippen LogP contribution in [-0.4, -0.2) is 31.3 Å². The molecule has 0 saturated carbocycles. The summed E-state index contributed by atoms with van der Waals surface area (Å²) in [6, 6.07) is 16.6. The first-order chi connectivity index (χ1) is 11.3. The van der Waals surface area contributed by atoms with E-state index in [9.17, 15) is 0 Å². The first-order valence-electron chi connectivity index (χ1n) is 8.07. The van der Waals surface area contributed by atoms with Crippen LogP contribution < -0.4 is 15.4 Å². The van der Waals surface area contributed by atoms with Gasteiger partial charge in [0.1, 0.15) is 12.4 Å². The Morgan fingerprint density at radius 2 is 1.70 bits per heavy atom. The van der Waals surface area contributed by atoms with Crippen molar-refractivity contribution in [2.75, 3.05) is 26.2 Å². The Balaban J connectivity index is 1.70. The average molecular weight is 314 g/mol. The minimum atomic E-state index is 0.185. The van der Waals surface area contributed by atoms with Crippen LogP contribution >= 0.6 is 0 Å². The predicted octanol–water partition coefficient (Wildman–Crippen LogP) is 2.25. The zero-order valence-electron chi connectivity index (χ0n) is 13.7. The van der Waals surface area contributed by atoms with Crippen molar-refractivity contribution in [3.8, 4) is 5.75 Å². The molecule has 2 aromatic rings. The van der Waals surface area contributed by atoms with E-state index in [1.165, 1.54) is 16.7 Å². The molecule has 0 bridgehead atoms. The molecule has 0 radical (unpaired) electrons. The quantitative estimate of drug-likeness (QED) is 0.589.